The third kappa shape index (κ3) is 2.52. The number of thiophene rings is 1. The molecule has 3 rings (SSSR count). The highest BCUT2D eigenvalue weighted by molar-refractivity contribution is 7.17. The van der Waals surface area contributed by atoms with E-state index in [1.54, 1.807) is 11.3 Å². The van der Waals surface area contributed by atoms with Crippen LogP contribution in [0.5, 0.6) is 0 Å². The Morgan fingerprint density at radius 3 is 2.63 bits per heavy atom. The predicted molar refractivity (Wildman–Crippen MR) is 81.9 cm³/mol. The van der Waals surface area contributed by atoms with Crippen molar-refractivity contribution in [2.24, 2.45) is 0 Å². The van der Waals surface area contributed by atoms with Crippen LogP contribution in [0.1, 0.15) is 17.2 Å². The molecule has 0 aliphatic carbocycles. The smallest absolute Gasteiger partial charge is 0.0845 e. The topological polar surface area (TPSA) is 20.2 Å². The van der Waals surface area contributed by atoms with E-state index in [9.17, 15) is 5.11 Å². The minimum atomic E-state index is -0.563. The molecule has 0 aliphatic rings. The Bertz CT molecular complexity index is 705. The number of rotatable bonds is 3. The molecule has 0 radical (unpaired) electrons. The van der Waals surface area contributed by atoms with Gasteiger partial charge in [-0.05, 0) is 34.0 Å². The van der Waals surface area contributed by atoms with Crippen LogP contribution in [-0.4, -0.2) is 5.11 Å². The van der Waals surface area contributed by atoms with Crippen molar-refractivity contribution in [3.8, 4) is 0 Å². The molecule has 1 atom stereocenters. The van der Waals surface area contributed by atoms with Gasteiger partial charge in [-0.3, -0.25) is 0 Å². The Labute approximate surface area is 121 Å². The average molecular weight is 289 g/mol. The van der Waals surface area contributed by atoms with Gasteiger partial charge < -0.3 is 5.11 Å². The second kappa shape index (κ2) is 5.33. The molecule has 1 unspecified atom stereocenters. The Morgan fingerprint density at radius 1 is 1.05 bits per heavy atom. The molecule has 1 aromatic heterocycles. The first-order valence-electron chi connectivity index (χ1n) is 6.13. The van der Waals surface area contributed by atoms with Crippen molar-refractivity contribution in [1.82, 2.24) is 0 Å². The highest BCUT2D eigenvalue weighted by Crippen LogP contribution is 2.31. The maximum Gasteiger partial charge on any atom is 0.0845 e. The molecule has 3 heteroatoms. The monoisotopic (exact) mass is 288 g/mol. The molecule has 2 aromatic carbocycles. The van der Waals surface area contributed by atoms with Crippen LogP contribution in [0, 0.1) is 0 Å². The lowest BCUT2D eigenvalue weighted by atomic mass is 10.0. The van der Waals surface area contributed by atoms with Crippen molar-refractivity contribution in [2.45, 2.75) is 12.5 Å². The SMILES string of the molecule is OC(Cc1csc2ccccc12)c1ccccc1Cl. The van der Waals surface area contributed by atoms with Gasteiger partial charge in [0, 0.05) is 16.1 Å². The third-order valence-corrected chi connectivity index (χ3v) is 4.60. The van der Waals surface area contributed by atoms with E-state index < -0.39 is 6.10 Å². The molecular formula is C16H13ClOS. The molecule has 1 heterocycles. The van der Waals surface area contributed by atoms with Gasteiger partial charge in [0.15, 0.2) is 0 Å². The first-order valence-corrected chi connectivity index (χ1v) is 7.39. The highest BCUT2D eigenvalue weighted by Gasteiger charge is 2.14. The zero-order valence-corrected chi connectivity index (χ0v) is 11.8. The highest BCUT2D eigenvalue weighted by atomic mass is 35.5. The molecule has 96 valence electrons. The first-order chi connectivity index (χ1) is 9.25. The van der Waals surface area contributed by atoms with Crippen molar-refractivity contribution >= 4 is 33.0 Å². The second-order valence-corrected chi connectivity index (χ2v) is 5.82. The fourth-order valence-electron chi connectivity index (χ4n) is 2.25. The average Bonchev–Trinajstić information content (AvgIpc) is 2.83. The van der Waals surface area contributed by atoms with Crippen molar-refractivity contribution in [1.29, 1.82) is 0 Å². The summed E-state index contributed by atoms with van der Waals surface area (Å²) in [7, 11) is 0. The lowest BCUT2D eigenvalue weighted by Gasteiger charge is -2.12. The summed E-state index contributed by atoms with van der Waals surface area (Å²) in [6.07, 6.45) is 0.0278. The Morgan fingerprint density at radius 2 is 1.79 bits per heavy atom. The number of hydrogen-bond acceptors (Lipinski definition) is 2. The van der Waals surface area contributed by atoms with Crippen LogP contribution in [0.3, 0.4) is 0 Å². The molecule has 0 aliphatic heterocycles. The molecule has 1 nitrogen and oxygen atoms in total. The zero-order valence-electron chi connectivity index (χ0n) is 10.2. The molecule has 0 bridgehead atoms. The number of hydrogen-bond donors (Lipinski definition) is 1. The minimum Gasteiger partial charge on any atom is -0.388 e. The van der Waals surface area contributed by atoms with Gasteiger partial charge in [-0.25, -0.2) is 0 Å². The van der Waals surface area contributed by atoms with E-state index in [0.717, 1.165) is 5.56 Å². The van der Waals surface area contributed by atoms with Crippen LogP contribution in [-0.2, 0) is 6.42 Å². The molecular weight excluding hydrogens is 276 g/mol. The minimum absolute atomic E-state index is 0.563. The van der Waals surface area contributed by atoms with Crippen LogP contribution >= 0.6 is 22.9 Å². The zero-order chi connectivity index (χ0) is 13.2. The molecule has 0 spiro atoms. The Balaban J connectivity index is 1.91. The summed E-state index contributed by atoms with van der Waals surface area (Å²) in [5, 5.41) is 14.3. The van der Waals surface area contributed by atoms with Crippen LogP contribution in [0.4, 0.5) is 0 Å². The van der Waals surface area contributed by atoms with Gasteiger partial charge in [0.1, 0.15) is 0 Å². The van der Waals surface area contributed by atoms with Crippen molar-refractivity contribution < 1.29 is 5.11 Å². The van der Waals surface area contributed by atoms with Crippen molar-refractivity contribution in [3.05, 3.63) is 70.1 Å². The van der Waals surface area contributed by atoms with Crippen LogP contribution in [0.25, 0.3) is 10.1 Å². The fraction of sp³-hybridized carbons (Fsp3) is 0.125. The molecule has 0 saturated carbocycles. The largest absolute Gasteiger partial charge is 0.388 e. The molecule has 0 saturated heterocycles. The number of fused-ring (bicyclic) bond motifs is 1. The molecule has 3 aromatic rings. The van der Waals surface area contributed by atoms with Gasteiger partial charge in [0.25, 0.3) is 0 Å². The van der Waals surface area contributed by atoms with Gasteiger partial charge in [0.2, 0.25) is 0 Å². The van der Waals surface area contributed by atoms with E-state index in [2.05, 4.69) is 17.5 Å². The molecule has 19 heavy (non-hydrogen) atoms. The van der Waals surface area contributed by atoms with Gasteiger partial charge in [0.05, 0.1) is 6.10 Å². The quantitative estimate of drug-likeness (QED) is 0.732. The lowest BCUT2D eigenvalue weighted by molar-refractivity contribution is 0.179. The summed E-state index contributed by atoms with van der Waals surface area (Å²) in [5.41, 5.74) is 1.97. The number of aliphatic hydroxyl groups is 1. The van der Waals surface area contributed by atoms with Crippen LogP contribution in [0.2, 0.25) is 5.02 Å². The molecule has 0 amide bonds. The van der Waals surface area contributed by atoms with E-state index in [1.165, 1.54) is 15.6 Å². The summed E-state index contributed by atoms with van der Waals surface area (Å²) in [4.78, 5) is 0. The van der Waals surface area contributed by atoms with E-state index >= 15 is 0 Å². The first kappa shape index (κ1) is 12.7. The number of aliphatic hydroxyl groups excluding tert-OH is 1. The van der Waals surface area contributed by atoms with Crippen molar-refractivity contribution in [2.75, 3.05) is 0 Å². The number of halogens is 1. The van der Waals surface area contributed by atoms with E-state index in [4.69, 9.17) is 11.6 Å². The summed E-state index contributed by atoms with van der Waals surface area (Å²) < 4.78 is 1.25. The summed E-state index contributed by atoms with van der Waals surface area (Å²) in [5.74, 6) is 0. The molecule has 0 fully saturated rings. The summed E-state index contributed by atoms with van der Waals surface area (Å²) >= 11 is 7.83. The van der Waals surface area contributed by atoms with Gasteiger partial charge in [-0.2, -0.15) is 0 Å². The van der Waals surface area contributed by atoms with Gasteiger partial charge >= 0.3 is 0 Å². The van der Waals surface area contributed by atoms with Gasteiger partial charge in [-0.15, -0.1) is 11.3 Å². The lowest BCUT2D eigenvalue weighted by Crippen LogP contribution is -2.01. The second-order valence-electron chi connectivity index (χ2n) is 4.50. The van der Waals surface area contributed by atoms with Crippen LogP contribution < -0.4 is 0 Å². The van der Waals surface area contributed by atoms with Gasteiger partial charge in [-0.1, -0.05) is 48.0 Å². The van der Waals surface area contributed by atoms with E-state index in [-0.39, 0.29) is 0 Å². The fourth-order valence-corrected chi connectivity index (χ4v) is 3.49. The normalized spacial score (nSPS) is 12.7. The summed E-state index contributed by atoms with van der Waals surface area (Å²) in [6.45, 7) is 0. The summed E-state index contributed by atoms with van der Waals surface area (Å²) in [6, 6.07) is 15.7. The Kier molecular flexibility index (Phi) is 3.56. The predicted octanol–water partition coefficient (Wildman–Crippen LogP) is 4.83. The van der Waals surface area contributed by atoms with E-state index in [0.29, 0.717) is 11.4 Å². The maximum absolute atomic E-state index is 10.4. The van der Waals surface area contributed by atoms with E-state index in [1.807, 2.05) is 36.4 Å². The standard InChI is InChI=1S/C16H13ClOS/c17-14-7-3-1-6-13(14)15(18)9-11-10-19-16-8-4-2-5-12(11)16/h1-8,10,15,18H,9H2. The number of benzene rings is 2. The third-order valence-electron chi connectivity index (χ3n) is 3.24. The van der Waals surface area contributed by atoms with Crippen LogP contribution in [0.15, 0.2) is 53.9 Å². The maximum atomic E-state index is 10.4. The van der Waals surface area contributed by atoms with Crippen molar-refractivity contribution in [3.63, 3.8) is 0 Å². The molecule has 1 N–H and O–H groups in total. The Hall–Kier alpha value is -1.35.